The Bertz CT molecular complexity index is 797. The molecule has 1 N–H and O–H groups in total. The van der Waals surface area contributed by atoms with Crippen molar-refractivity contribution in [1.82, 2.24) is 19.5 Å². The first-order chi connectivity index (χ1) is 11.5. The van der Waals surface area contributed by atoms with Gasteiger partial charge in [-0.05, 0) is 51.7 Å². The van der Waals surface area contributed by atoms with Gasteiger partial charge in [0.05, 0.1) is 17.5 Å². The molecule has 2 heterocycles. The monoisotopic (exact) mass is 348 g/mol. The maximum absolute atomic E-state index is 11.9. The summed E-state index contributed by atoms with van der Waals surface area (Å²) in [6, 6.07) is 3.95. The van der Waals surface area contributed by atoms with Gasteiger partial charge in [-0.2, -0.15) is 5.10 Å². The van der Waals surface area contributed by atoms with E-state index in [-0.39, 0.29) is 0 Å². The largest absolute Gasteiger partial charge is 0.267 e. The maximum Gasteiger partial charge on any atom is 0.213 e. The second-order valence-corrected chi connectivity index (χ2v) is 8.75. The third kappa shape index (κ3) is 3.52. The summed E-state index contributed by atoms with van der Waals surface area (Å²) in [5.74, 6) is 0. The lowest BCUT2D eigenvalue weighted by Crippen LogP contribution is -2.33. The molecule has 1 aliphatic carbocycles. The molecule has 0 spiro atoms. The average molecular weight is 348 g/mol. The molecule has 0 amide bonds. The molecule has 3 rings (SSSR count). The van der Waals surface area contributed by atoms with Gasteiger partial charge < -0.3 is 0 Å². The number of nitrogens with one attached hydrogen (secondary N) is 1. The summed E-state index contributed by atoms with van der Waals surface area (Å²) in [6.45, 7) is 4.28. The molecule has 0 saturated heterocycles. The number of aromatic nitrogens is 3. The summed E-state index contributed by atoms with van der Waals surface area (Å²) < 4.78 is 28.4. The molecular formula is C17H24N4O2S. The number of fused-ring (bicyclic) bond motifs is 1. The SMILES string of the molecule is CC(C)S(=O)(=O)NCCn1nc(-c2ccncc2)c2c1CCCC2. The van der Waals surface area contributed by atoms with Crippen LogP contribution in [0.15, 0.2) is 24.5 Å². The van der Waals surface area contributed by atoms with Gasteiger partial charge in [-0.15, -0.1) is 0 Å². The Labute approximate surface area is 143 Å². The van der Waals surface area contributed by atoms with Crippen LogP contribution in [-0.2, 0) is 29.4 Å². The molecule has 0 saturated carbocycles. The normalized spacial score (nSPS) is 14.8. The molecule has 7 heteroatoms. The van der Waals surface area contributed by atoms with Gasteiger partial charge in [0, 0.05) is 35.8 Å². The van der Waals surface area contributed by atoms with E-state index in [9.17, 15) is 8.42 Å². The highest BCUT2D eigenvalue weighted by Gasteiger charge is 2.22. The number of hydrogen-bond acceptors (Lipinski definition) is 4. The molecule has 0 fully saturated rings. The lowest BCUT2D eigenvalue weighted by molar-refractivity contribution is 0.535. The fourth-order valence-corrected chi connectivity index (χ4v) is 3.77. The standard InChI is InChI=1S/C17H24N4O2S/c1-13(2)24(22,23)19-11-12-21-16-6-4-3-5-15(16)17(20-21)14-7-9-18-10-8-14/h7-10,13,19H,3-6,11-12H2,1-2H3. The first kappa shape index (κ1) is 17.1. The van der Waals surface area contributed by atoms with Crippen molar-refractivity contribution in [2.24, 2.45) is 0 Å². The number of rotatable bonds is 6. The summed E-state index contributed by atoms with van der Waals surface area (Å²) in [7, 11) is -3.23. The average Bonchev–Trinajstić information content (AvgIpc) is 2.94. The van der Waals surface area contributed by atoms with Gasteiger partial charge >= 0.3 is 0 Å². The summed E-state index contributed by atoms with van der Waals surface area (Å²) >= 11 is 0. The van der Waals surface area contributed by atoms with Crippen LogP contribution in [0.5, 0.6) is 0 Å². The fraction of sp³-hybridized carbons (Fsp3) is 0.529. The number of pyridine rings is 1. The zero-order chi connectivity index (χ0) is 17.2. The van der Waals surface area contributed by atoms with Crippen LogP contribution in [0.25, 0.3) is 11.3 Å². The van der Waals surface area contributed by atoms with Crippen molar-refractivity contribution in [2.75, 3.05) is 6.54 Å². The Hall–Kier alpha value is -1.73. The van der Waals surface area contributed by atoms with Crippen LogP contribution < -0.4 is 4.72 Å². The van der Waals surface area contributed by atoms with Crippen LogP contribution >= 0.6 is 0 Å². The van der Waals surface area contributed by atoms with Gasteiger partial charge in [-0.25, -0.2) is 13.1 Å². The first-order valence-corrected chi connectivity index (χ1v) is 10.0. The van der Waals surface area contributed by atoms with Gasteiger partial charge in [-0.1, -0.05) is 0 Å². The van der Waals surface area contributed by atoms with Crippen LogP contribution in [0.2, 0.25) is 0 Å². The molecule has 0 unspecified atom stereocenters. The Kier molecular flexibility index (Phi) is 5.01. The summed E-state index contributed by atoms with van der Waals surface area (Å²) in [6.07, 6.45) is 7.93. The van der Waals surface area contributed by atoms with E-state index in [4.69, 9.17) is 5.10 Å². The molecule has 0 atom stereocenters. The number of hydrogen-bond donors (Lipinski definition) is 1. The van der Waals surface area contributed by atoms with E-state index < -0.39 is 15.3 Å². The minimum Gasteiger partial charge on any atom is -0.267 e. The minimum atomic E-state index is -3.23. The molecule has 6 nitrogen and oxygen atoms in total. The van der Waals surface area contributed by atoms with Crippen molar-refractivity contribution in [3.63, 3.8) is 0 Å². The van der Waals surface area contributed by atoms with Gasteiger partial charge in [0.2, 0.25) is 10.0 Å². The number of nitrogens with zero attached hydrogens (tertiary/aromatic N) is 3. The van der Waals surface area contributed by atoms with Crippen LogP contribution in [0, 0.1) is 0 Å². The summed E-state index contributed by atoms with van der Waals surface area (Å²) in [5, 5.41) is 4.36. The molecule has 0 aliphatic heterocycles. The highest BCUT2D eigenvalue weighted by atomic mass is 32.2. The van der Waals surface area contributed by atoms with Crippen molar-refractivity contribution >= 4 is 10.0 Å². The van der Waals surface area contributed by atoms with Gasteiger partial charge in [0.25, 0.3) is 0 Å². The maximum atomic E-state index is 11.9. The third-order valence-corrected chi connectivity index (χ3v) is 6.31. The van der Waals surface area contributed by atoms with Crippen LogP contribution in [0.4, 0.5) is 0 Å². The van der Waals surface area contributed by atoms with E-state index in [0.29, 0.717) is 13.1 Å². The molecule has 24 heavy (non-hydrogen) atoms. The smallest absolute Gasteiger partial charge is 0.213 e. The molecule has 2 aromatic rings. The highest BCUT2D eigenvalue weighted by Crippen LogP contribution is 2.30. The van der Waals surface area contributed by atoms with Gasteiger partial charge in [0.1, 0.15) is 0 Å². The number of sulfonamides is 1. The van der Waals surface area contributed by atoms with E-state index in [0.717, 1.165) is 30.5 Å². The second kappa shape index (κ2) is 7.03. The molecule has 0 bridgehead atoms. The predicted molar refractivity (Wildman–Crippen MR) is 94.2 cm³/mol. The van der Waals surface area contributed by atoms with Crippen LogP contribution in [0.3, 0.4) is 0 Å². The lowest BCUT2D eigenvalue weighted by Gasteiger charge is -2.15. The molecule has 0 radical (unpaired) electrons. The van der Waals surface area contributed by atoms with Crippen molar-refractivity contribution in [2.45, 2.75) is 51.3 Å². The molecule has 1 aliphatic rings. The topological polar surface area (TPSA) is 76.9 Å². The van der Waals surface area contributed by atoms with Crippen molar-refractivity contribution in [3.8, 4) is 11.3 Å². The van der Waals surface area contributed by atoms with E-state index in [2.05, 4.69) is 9.71 Å². The van der Waals surface area contributed by atoms with Crippen LogP contribution in [-0.4, -0.2) is 35.0 Å². The fourth-order valence-electron chi connectivity index (χ4n) is 3.06. The molecule has 2 aromatic heterocycles. The van der Waals surface area contributed by atoms with Gasteiger partial charge in [0.15, 0.2) is 0 Å². The third-order valence-electron chi connectivity index (χ3n) is 4.46. The van der Waals surface area contributed by atoms with Crippen LogP contribution in [0.1, 0.15) is 37.9 Å². The quantitative estimate of drug-likeness (QED) is 0.868. The molecule has 130 valence electrons. The predicted octanol–water partition coefficient (Wildman–Crippen LogP) is 2.15. The van der Waals surface area contributed by atoms with Gasteiger partial charge in [-0.3, -0.25) is 9.67 Å². The second-order valence-electron chi connectivity index (χ2n) is 6.43. The summed E-state index contributed by atoms with van der Waals surface area (Å²) in [4.78, 5) is 4.07. The molecular weight excluding hydrogens is 324 g/mol. The van der Waals surface area contributed by atoms with E-state index in [1.54, 1.807) is 26.2 Å². The highest BCUT2D eigenvalue weighted by molar-refractivity contribution is 7.90. The zero-order valence-corrected chi connectivity index (χ0v) is 15.0. The van der Waals surface area contributed by atoms with E-state index >= 15 is 0 Å². The Balaban J connectivity index is 1.83. The van der Waals surface area contributed by atoms with Crippen molar-refractivity contribution in [1.29, 1.82) is 0 Å². The molecule has 0 aromatic carbocycles. The van der Waals surface area contributed by atoms with E-state index in [1.165, 1.54) is 17.7 Å². The van der Waals surface area contributed by atoms with Crippen molar-refractivity contribution < 1.29 is 8.42 Å². The lowest BCUT2D eigenvalue weighted by atomic mass is 9.94. The van der Waals surface area contributed by atoms with Crippen molar-refractivity contribution in [3.05, 3.63) is 35.8 Å². The summed E-state index contributed by atoms with van der Waals surface area (Å²) in [5.41, 5.74) is 4.64. The first-order valence-electron chi connectivity index (χ1n) is 8.46. The minimum absolute atomic E-state index is 0.365. The van der Waals surface area contributed by atoms with E-state index in [1.807, 2.05) is 16.8 Å². The Morgan fingerprint density at radius 2 is 1.92 bits per heavy atom. The Morgan fingerprint density at radius 1 is 1.21 bits per heavy atom. The Morgan fingerprint density at radius 3 is 2.62 bits per heavy atom. The zero-order valence-electron chi connectivity index (χ0n) is 14.2.